The van der Waals surface area contributed by atoms with Gasteiger partial charge in [0.25, 0.3) is 0 Å². The third-order valence-electron chi connectivity index (χ3n) is 16.0. The van der Waals surface area contributed by atoms with Crippen LogP contribution in [0.2, 0.25) is 0 Å². The molecule has 0 aliphatic heterocycles. The first-order valence-electron chi connectivity index (χ1n) is 43.6. The van der Waals surface area contributed by atoms with E-state index in [4.69, 9.17) is 0 Å². The van der Waals surface area contributed by atoms with Gasteiger partial charge in [-0.25, -0.2) is 54.8 Å². The molecule has 8 aromatic heterocycles. The van der Waals surface area contributed by atoms with Gasteiger partial charge in [0, 0.05) is 113 Å². The third kappa shape index (κ3) is 41.8. The predicted molar refractivity (Wildman–Crippen MR) is 532 cm³/mol. The molecule has 0 aliphatic carbocycles. The molecule has 4 aromatic carbocycles. The van der Waals surface area contributed by atoms with Gasteiger partial charge in [-0.2, -0.15) is 0 Å². The van der Waals surface area contributed by atoms with Crippen LogP contribution in [0.4, 0.5) is 68.9 Å². The monoisotopic (exact) mass is 1640 g/mol. The van der Waals surface area contributed by atoms with Crippen molar-refractivity contribution in [3.8, 4) is 0 Å². The van der Waals surface area contributed by atoms with Gasteiger partial charge in [-0.3, -0.25) is 4.98 Å². The van der Waals surface area contributed by atoms with Crippen LogP contribution in [0.25, 0.3) is 0 Å². The van der Waals surface area contributed by atoms with E-state index in [1.165, 1.54) is 45.0 Å². The van der Waals surface area contributed by atoms with E-state index < -0.39 is 0 Å². The minimum absolute atomic E-state index is 0.948. The number of benzene rings is 4. The van der Waals surface area contributed by atoms with Crippen molar-refractivity contribution in [1.29, 1.82) is 0 Å². The molecule has 120 heavy (non-hydrogen) atoms. The molecule has 0 unspecified atom stereocenters. The highest BCUT2D eigenvalue weighted by atomic mass is 15.2. The fourth-order valence-corrected chi connectivity index (χ4v) is 10.7. The Kier molecular flexibility index (Phi) is 75.9. The van der Waals surface area contributed by atoms with E-state index in [2.05, 4.69) is 206 Å². The average molecular weight is 1640 g/mol. The Morgan fingerprint density at radius 1 is 0.167 bits per heavy atom. The summed E-state index contributed by atoms with van der Waals surface area (Å²) in [5.74, 6) is 4.76. The number of pyridine rings is 4. The maximum absolute atomic E-state index is 4.39. The number of aryl methyl sites for hydroxylation is 12. The largest absolute Gasteiger partial charge is 0.342 e. The maximum atomic E-state index is 4.39. The van der Waals surface area contributed by atoms with Crippen LogP contribution in [-0.2, 0) is 0 Å². The zero-order valence-electron chi connectivity index (χ0n) is 82.8. The number of anilines is 12. The van der Waals surface area contributed by atoms with Crippen LogP contribution in [0, 0.1) is 83.1 Å². The molecule has 12 aromatic rings. The smallest absolute Gasteiger partial charge is 0.139 e. The van der Waals surface area contributed by atoms with Crippen molar-refractivity contribution >= 4 is 68.9 Å². The van der Waals surface area contributed by atoms with Gasteiger partial charge in [0.2, 0.25) is 0 Å². The molecular weight excluding hydrogens is 1480 g/mol. The van der Waals surface area contributed by atoms with E-state index in [0.29, 0.717) is 0 Å². The summed E-state index contributed by atoms with van der Waals surface area (Å²) >= 11 is 0. The summed E-state index contributed by atoms with van der Waals surface area (Å²) in [6.07, 6.45) is 20.9. The number of aromatic nitrogens is 12. The van der Waals surface area contributed by atoms with Gasteiger partial charge in [0.1, 0.15) is 54.4 Å². The van der Waals surface area contributed by atoms with Crippen LogP contribution in [0.5, 0.6) is 0 Å². The molecule has 0 fully saturated rings. The molecule has 12 rings (SSSR count). The maximum Gasteiger partial charge on any atom is 0.139 e. The number of hydrogen-bond donors (Lipinski definition) is 0. The van der Waals surface area contributed by atoms with Gasteiger partial charge in [0.05, 0.1) is 46.5 Å². The van der Waals surface area contributed by atoms with E-state index in [1.54, 1.807) is 43.9 Å². The van der Waals surface area contributed by atoms with Crippen molar-refractivity contribution in [2.24, 2.45) is 0 Å². The molecular formula is C102H162N18. The zero-order chi connectivity index (χ0) is 93.3. The van der Waals surface area contributed by atoms with E-state index in [1.807, 2.05) is 352 Å². The van der Waals surface area contributed by atoms with Crippen LogP contribution in [0.1, 0.15) is 233 Å². The van der Waals surface area contributed by atoms with Crippen LogP contribution >= 0.6 is 0 Å². The van der Waals surface area contributed by atoms with Crippen LogP contribution in [0.3, 0.4) is 0 Å². The van der Waals surface area contributed by atoms with Crippen molar-refractivity contribution < 1.29 is 0 Å². The highest BCUT2D eigenvalue weighted by Gasteiger charge is 2.16. The second kappa shape index (κ2) is 76.3. The Hall–Kier alpha value is -11.4. The summed E-state index contributed by atoms with van der Waals surface area (Å²) in [5.41, 5.74) is 21.4. The van der Waals surface area contributed by atoms with Crippen molar-refractivity contribution in [3.63, 3.8) is 0 Å². The molecule has 18 nitrogen and oxygen atoms in total. The van der Waals surface area contributed by atoms with Gasteiger partial charge in [-0.15, -0.1) is 0 Å². The molecule has 0 aliphatic rings. The summed E-state index contributed by atoms with van der Waals surface area (Å²) in [6.45, 7) is 72.6. The lowest BCUT2D eigenvalue weighted by Crippen LogP contribution is -2.15. The molecule has 0 N–H and O–H groups in total. The Labute approximate surface area is 733 Å². The van der Waals surface area contributed by atoms with Gasteiger partial charge in [-0.05, 0) is 177 Å². The first kappa shape index (κ1) is 119. The molecule has 0 radical (unpaired) electrons. The Bertz CT molecular complexity index is 3420. The quantitative estimate of drug-likeness (QED) is 0.113. The van der Waals surface area contributed by atoms with Gasteiger partial charge >= 0.3 is 0 Å². The van der Waals surface area contributed by atoms with Crippen LogP contribution in [-0.4, -0.2) is 102 Å². The Morgan fingerprint density at radius 2 is 0.367 bits per heavy atom. The minimum atomic E-state index is 0.948. The highest BCUT2D eigenvalue weighted by Crippen LogP contribution is 2.32. The number of nitrogens with zero attached hydrogens (tertiary/aromatic N) is 18. The summed E-state index contributed by atoms with van der Waals surface area (Å²) in [4.78, 5) is 63.1. The third-order valence-corrected chi connectivity index (χ3v) is 16.0. The molecule has 8 heterocycles. The van der Waals surface area contributed by atoms with Gasteiger partial charge in [0.15, 0.2) is 0 Å². The summed E-state index contributed by atoms with van der Waals surface area (Å²) < 4.78 is 0. The van der Waals surface area contributed by atoms with E-state index in [9.17, 15) is 0 Å². The number of rotatable bonds is 12. The van der Waals surface area contributed by atoms with Crippen molar-refractivity contribution in [1.82, 2.24) is 59.8 Å². The molecule has 0 atom stereocenters. The first-order valence-corrected chi connectivity index (χ1v) is 43.6. The molecule has 18 heteroatoms. The Balaban J connectivity index is -0.000000309. The lowest BCUT2D eigenvalue weighted by atomic mass is 10.2. The molecule has 0 amide bonds. The van der Waals surface area contributed by atoms with Gasteiger partial charge < -0.3 is 29.4 Å². The predicted octanol–water partition coefficient (Wildman–Crippen LogP) is 29.5. The number of para-hydroxylation sites is 4. The average Bonchev–Trinajstić information content (AvgIpc) is 0.866. The van der Waals surface area contributed by atoms with E-state index >= 15 is 0 Å². The topological polar surface area (TPSA) is 174 Å². The number of hydrogen-bond acceptors (Lipinski definition) is 18. The fraction of sp³-hybridized carbons (Fsp3) is 0.412. The summed E-state index contributed by atoms with van der Waals surface area (Å²) in [7, 11) is 12.1. The summed E-state index contributed by atoms with van der Waals surface area (Å²) in [5, 5.41) is 0. The van der Waals surface area contributed by atoms with E-state index in [0.717, 1.165) is 91.1 Å². The first-order chi connectivity index (χ1) is 58.2. The lowest BCUT2D eigenvalue weighted by Gasteiger charge is -2.22. The normalized spacial score (nSPS) is 8.75. The van der Waals surface area contributed by atoms with Gasteiger partial charge in [-0.1, -0.05) is 257 Å². The molecule has 0 saturated heterocycles. The van der Waals surface area contributed by atoms with E-state index in [-0.39, 0.29) is 0 Å². The summed E-state index contributed by atoms with van der Waals surface area (Å²) in [6, 6.07) is 49.1. The van der Waals surface area contributed by atoms with Crippen molar-refractivity contribution in [3.05, 3.63) is 288 Å². The highest BCUT2D eigenvalue weighted by molar-refractivity contribution is 5.70. The SMILES string of the molecule is CC.CC.CC.CC.CC.CC.CC.CC.CC.CC.CC.CC.Cc1ccccc1N(C)c1cncnc1C.Cc1ccccc1N(C)c1cncnc1C.Cc1ccccc1N(C)c1ncncc1C.Cc1ccccc1N(C)c1ncncc1C.Cc1cccnc1N(C)c1cccnc1C.Cc1cccnc1N(C)c1ncccc1C. The second-order valence-electron chi connectivity index (χ2n) is 23.1. The zero-order valence-corrected chi connectivity index (χ0v) is 82.8. The fourth-order valence-electron chi connectivity index (χ4n) is 10.7. The Morgan fingerprint density at radius 3 is 0.625 bits per heavy atom. The van der Waals surface area contributed by atoms with Crippen LogP contribution < -0.4 is 29.4 Å². The molecule has 660 valence electrons. The standard InChI is InChI=1S/6C13H15N3.12C2H6/c1-10-6-4-9-15-13(10)16(3)12-7-5-8-14-11(12)2;1-10-6-4-8-14-12(10)16(3)13-11(2)7-5-9-15-13;2*1-10-6-4-5-7-12(10)16(3)13-8-14-9-15-11(13)2;2*1-10-6-4-5-7-12(10)16(3)13-11(2)8-14-9-15-13;12*1-2/h6*4-9H,1-3H3;12*1-2H3. The molecule has 0 bridgehead atoms. The van der Waals surface area contributed by atoms with Crippen molar-refractivity contribution in [2.45, 2.75) is 249 Å². The lowest BCUT2D eigenvalue weighted by molar-refractivity contribution is 1.05. The minimum Gasteiger partial charge on any atom is -0.342 e. The molecule has 0 saturated carbocycles. The second-order valence-corrected chi connectivity index (χ2v) is 23.1. The van der Waals surface area contributed by atoms with Crippen molar-refractivity contribution in [2.75, 3.05) is 71.7 Å². The van der Waals surface area contributed by atoms with Crippen LogP contribution in [0.15, 0.2) is 220 Å². The molecule has 0 spiro atoms.